The first-order valence-electron chi connectivity index (χ1n) is 8.57. The monoisotopic (exact) mass is 376 g/mol. The number of nitrogen functional groups attached to an aromatic ring is 1. The van der Waals surface area contributed by atoms with Crippen molar-refractivity contribution in [3.05, 3.63) is 75.6 Å². The predicted octanol–water partition coefficient (Wildman–Crippen LogP) is 4.22. The van der Waals surface area contributed by atoms with Crippen molar-refractivity contribution >= 4 is 11.4 Å². The van der Waals surface area contributed by atoms with Crippen molar-refractivity contribution in [3.8, 4) is 23.3 Å². The first-order chi connectivity index (χ1) is 13.5. The summed E-state index contributed by atoms with van der Waals surface area (Å²) >= 11 is 0. The molecule has 0 radical (unpaired) electrons. The van der Waals surface area contributed by atoms with Crippen LogP contribution < -0.4 is 10.5 Å². The second kappa shape index (κ2) is 6.72. The fourth-order valence-corrected chi connectivity index (χ4v) is 3.40. The van der Waals surface area contributed by atoms with Gasteiger partial charge in [0, 0.05) is 17.3 Å². The van der Waals surface area contributed by atoms with Gasteiger partial charge in [-0.25, -0.2) is 0 Å². The van der Waals surface area contributed by atoms with Gasteiger partial charge in [0.2, 0.25) is 0 Å². The van der Waals surface area contributed by atoms with Gasteiger partial charge in [-0.3, -0.25) is 10.1 Å². The van der Waals surface area contributed by atoms with Crippen molar-refractivity contribution < 1.29 is 14.4 Å². The van der Waals surface area contributed by atoms with Gasteiger partial charge in [-0.1, -0.05) is 6.07 Å². The van der Waals surface area contributed by atoms with E-state index in [9.17, 15) is 15.4 Å². The molecule has 3 aromatic rings. The van der Waals surface area contributed by atoms with E-state index in [4.69, 9.17) is 15.2 Å². The molecule has 0 aliphatic carbocycles. The highest BCUT2D eigenvalue weighted by molar-refractivity contribution is 5.65. The average Bonchev–Trinajstić information content (AvgIpc) is 3.20. The number of nitriles is 1. The molecule has 1 aliphatic rings. The molecule has 28 heavy (non-hydrogen) atoms. The number of aromatic nitrogens is 1. The van der Waals surface area contributed by atoms with Crippen LogP contribution in [-0.2, 0) is 11.3 Å². The molecule has 2 heterocycles. The third kappa shape index (κ3) is 2.84. The van der Waals surface area contributed by atoms with Gasteiger partial charge in [0.15, 0.2) is 0 Å². The second-order valence-corrected chi connectivity index (χ2v) is 6.37. The van der Waals surface area contributed by atoms with Crippen LogP contribution in [0.1, 0.15) is 30.0 Å². The molecule has 4 rings (SSSR count). The Morgan fingerprint density at radius 2 is 2.04 bits per heavy atom. The predicted molar refractivity (Wildman–Crippen MR) is 101 cm³/mol. The zero-order valence-electron chi connectivity index (χ0n) is 15.0. The molecule has 0 fully saturated rings. The van der Waals surface area contributed by atoms with Crippen LogP contribution in [0.2, 0.25) is 0 Å². The van der Waals surface area contributed by atoms with Crippen molar-refractivity contribution in [2.75, 3.05) is 5.73 Å². The maximum Gasteiger partial charge on any atom is 0.273 e. The Hall–Kier alpha value is -3.83. The van der Waals surface area contributed by atoms with Gasteiger partial charge in [-0.15, -0.1) is 0 Å². The van der Waals surface area contributed by atoms with E-state index in [1.807, 2.05) is 6.92 Å². The van der Waals surface area contributed by atoms with Gasteiger partial charge in [0.25, 0.3) is 5.69 Å². The molecule has 1 unspecified atom stereocenters. The number of nitro benzene ring substituents is 1. The smallest absolute Gasteiger partial charge is 0.273 e. The molecule has 8 heteroatoms. The molecule has 1 aromatic heterocycles. The van der Waals surface area contributed by atoms with Crippen molar-refractivity contribution in [2.45, 2.75) is 19.6 Å². The highest BCUT2D eigenvalue weighted by Gasteiger charge is 2.30. The zero-order chi connectivity index (χ0) is 19.8. The normalized spacial score (nSPS) is 15.1. The second-order valence-electron chi connectivity index (χ2n) is 6.37. The molecule has 1 atom stereocenters. The molecular formula is C20H16N4O4. The third-order valence-corrected chi connectivity index (χ3v) is 4.69. The SMILES string of the molecule is CC1OCc2c1c(N)c(C#N)n2-c1ccc(Oc2cccc([N+](=O)[O-])c2)cc1. The number of anilines is 1. The fraction of sp³-hybridized carbons (Fsp3) is 0.150. The number of benzene rings is 2. The summed E-state index contributed by atoms with van der Waals surface area (Å²) in [6.45, 7) is 2.29. The number of hydrogen-bond donors (Lipinski definition) is 1. The summed E-state index contributed by atoms with van der Waals surface area (Å²) in [5, 5.41) is 20.4. The van der Waals surface area contributed by atoms with Crippen LogP contribution in [0.25, 0.3) is 5.69 Å². The number of nitrogens with zero attached hydrogens (tertiary/aromatic N) is 3. The Morgan fingerprint density at radius 3 is 2.71 bits per heavy atom. The summed E-state index contributed by atoms with van der Waals surface area (Å²) in [5.41, 5.74) is 9.43. The molecule has 140 valence electrons. The summed E-state index contributed by atoms with van der Waals surface area (Å²) in [4.78, 5) is 10.4. The first-order valence-corrected chi connectivity index (χ1v) is 8.57. The molecule has 0 saturated carbocycles. The van der Waals surface area contributed by atoms with Gasteiger partial charge in [-0.2, -0.15) is 5.26 Å². The quantitative estimate of drug-likeness (QED) is 0.538. The lowest BCUT2D eigenvalue weighted by atomic mass is 10.1. The van der Waals surface area contributed by atoms with Gasteiger partial charge >= 0.3 is 0 Å². The summed E-state index contributed by atoms with van der Waals surface area (Å²) in [6, 6.07) is 15.2. The lowest BCUT2D eigenvalue weighted by molar-refractivity contribution is -0.384. The molecular weight excluding hydrogens is 360 g/mol. The lowest BCUT2D eigenvalue weighted by Crippen LogP contribution is -2.03. The maximum atomic E-state index is 10.9. The van der Waals surface area contributed by atoms with Gasteiger partial charge in [0.05, 0.1) is 35.1 Å². The molecule has 0 spiro atoms. The van der Waals surface area contributed by atoms with E-state index < -0.39 is 4.92 Å². The lowest BCUT2D eigenvalue weighted by Gasteiger charge is -2.11. The molecule has 0 bridgehead atoms. The van der Waals surface area contributed by atoms with Crippen molar-refractivity contribution in [2.24, 2.45) is 0 Å². The number of nitrogens with two attached hydrogens (primary N) is 1. The Balaban J connectivity index is 1.66. The summed E-state index contributed by atoms with van der Waals surface area (Å²) < 4.78 is 13.1. The van der Waals surface area contributed by atoms with E-state index >= 15 is 0 Å². The number of ether oxygens (including phenoxy) is 2. The number of nitro groups is 1. The highest BCUT2D eigenvalue weighted by atomic mass is 16.6. The first kappa shape index (κ1) is 17.6. The van der Waals surface area contributed by atoms with E-state index in [-0.39, 0.29) is 11.8 Å². The Kier molecular flexibility index (Phi) is 4.22. The molecule has 2 N–H and O–H groups in total. The Bertz CT molecular complexity index is 1110. The summed E-state index contributed by atoms with van der Waals surface area (Å²) in [6.07, 6.45) is -0.153. The van der Waals surface area contributed by atoms with Gasteiger partial charge in [0.1, 0.15) is 23.3 Å². The average molecular weight is 376 g/mol. The largest absolute Gasteiger partial charge is 0.457 e. The van der Waals surface area contributed by atoms with Crippen LogP contribution in [0.3, 0.4) is 0 Å². The molecule has 2 aromatic carbocycles. The fourth-order valence-electron chi connectivity index (χ4n) is 3.40. The van der Waals surface area contributed by atoms with Crippen LogP contribution >= 0.6 is 0 Å². The summed E-state index contributed by atoms with van der Waals surface area (Å²) in [5.74, 6) is 0.886. The minimum absolute atomic E-state index is 0.0414. The van der Waals surface area contributed by atoms with E-state index in [0.717, 1.165) is 16.9 Å². The van der Waals surface area contributed by atoms with Crippen molar-refractivity contribution in [1.29, 1.82) is 5.26 Å². The molecule has 1 aliphatic heterocycles. The summed E-state index contributed by atoms with van der Waals surface area (Å²) in [7, 11) is 0. The van der Waals surface area contributed by atoms with E-state index in [0.29, 0.717) is 29.5 Å². The number of rotatable bonds is 4. The van der Waals surface area contributed by atoms with E-state index in [1.54, 1.807) is 41.0 Å². The van der Waals surface area contributed by atoms with Gasteiger partial charge < -0.3 is 19.8 Å². The van der Waals surface area contributed by atoms with E-state index in [1.165, 1.54) is 12.1 Å². The number of hydrogen-bond acceptors (Lipinski definition) is 6. The van der Waals surface area contributed by atoms with Gasteiger partial charge in [-0.05, 0) is 37.3 Å². The van der Waals surface area contributed by atoms with Crippen LogP contribution in [0, 0.1) is 21.4 Å². The molecule has 0 amide bonds. The third-order valence-electron chi connectivity index (χ3n) is 4.69. The Labute approximate surface area is 160 Å². The topological polar surface area (TPSA) is 116 Å². The van der Waals surface area contributed by atoms with Crippen LogP contribution in [0.4, 0.5) is 11.4 Å². The van der Waals surface area contributed by atoms with Crippen LogP contribution in [-0.4, -0.2) is 9.49 Å². The van der Waals surface area contributed by atoms with Crippen LogP contribution in [0.5, 0.6) is 11.5 Å². The number of fused-ring (bicyclic) bond motifs is 1. The standard InChI is InChI=1S/C20H16N4O4/c1-12-19-18(11-27-12)23(17(10-21)20(19)22)13-5-7-15(8-6-13)28-16-4-2-3-14(9-16)24(25)26/h2-9,12H,11,22H2,1H3. The highest BCUT2D eigenvalue weighted by Crippen LogP contribution is 2.40. The van der Waals surface area contributed by atoms with Crippen molar-refractivity contribution in [1.82, 2.24) is 4.57 Å². The Morgan fingerprint density at radius 1 is 1.29 bits per heavy atom. The minimum atomic E-state index is -0.473. The molecule has 8 nitrogen and oxygen atoms in total. The van der Waals surface area contributed by atoms with E-state index in [2.05, 4.69) is 6.07 Å². The number of non-ortho nitro benzene ring substituents is 1. The minimum Gasteiger partial charge on any atom is -0.457 e. The molecule has 0 saturated heterocycles. The zero-order valence-corrected chi connectivity index (χ0v) is 15.0. The van der Waals surface area contributed by atoms with Crippen LogP contribution in [0.15, 0.2) is 48.5 Å². The van der Waals surface area contributed by atoms with Crippen molar-refractivity contribution in [3.63, 3.8) is 0 Å². The maximum absolute atomic E-state index is 10.9.